The Morgan fingerprint density at radius 3 is 2.78 bits per heavy atom. The van der Waals surface area contributed by atoms with Crippen LogP contribution in [0.5, 0.6) is 5.75 Å². The Labute approximate surface area is 116 Å². The maximum absolute atomic E-state index is 5.82. The van der Waals surface area contributed by atoms with Crippen molar-refractivity contribution in [3.8, 4) is 5.75 Å². The Morgan fingerprint density at radius 1 is 1.33 bits per heavy atom. The minimum atomic E-state index is 0.527. The van der Waals surface area contributed by atoms with E-state index < -0.39 is 0 Å². The molecule has 96 valence electrons. The van der Waals surface area contributed by atoms with Gasteiger partial charge in [-0.05, 0) is 54.4 Å². The largest absolute Gasteiger partial charge is 0.487 e. The second-order valence-electron chi connectivity index (χ2n) is 4.27. The van der Waals surface area contributed by atoms with E-state index in [1.807, 2.05) is 29.8 Å². The summed E-state index contributed by atoms with van der Waals surface area (Å²) in [7, 11) is 0. The van der Waals surface area contributed by atoms with E-state index in [-0.39, 0.29) is 0 Å². The molecular weight excluding hydrogens is 292 g/mol. The van der Waals surface area contributed by atoms with Gasteiger partial charge in [0, 0.05) is 6.54 Å². The molecule has 1 aromatic carbocycles. The molecule has 1 heterocycles. The summed E-state index contributed by atoms with van der Waals surface area (Å²) in [6, 6.07) is 8.07. The van der Waals surface area contributed by atoms with Crippen molar-refractivity contribution in [3.63, 3.8) is 0 Å². The lowest BCUT2D eigenvalue weighted by molar-refractivity contribution is 0.291. The summed E-state index contributed by atoms with van der Waals surface area (Å²) in [6.07, 6.45) is 0. The molecule has 4 heteroatoms. The summed E-state index contributed by atoms with van der Waals surface area (Å²) in [5.74, 6) is 0.892. The van der Waals surface area contributed by atoms with Crippen molar-refractivity contribution in [3.05, 3.63) is 45.7 Å². The number of hydrogen-bond donors (Lipinski definition) is 0. The van der Waals surface area contributed by atoms with Gasteiger partial charge in [0.05, 0.1) is 15.9 Å². The maximum Gasteiger partial charge on any atom is 0.131 e. The van der Waals surface area contributed by atoms with E-state index in [0.717, 1.165) is 28.2 Å². The third-order valence-corrected chi connectivity index (χ3v) is 3.85. The third-order valence-electron chi connectivity index (χ3n) is 2.82. The van der Waals surface area contributed by atoms with Gasteiger partial charge in [-0.3, -0.25) is 4.68 Å². The van der Waals surface area contributed by atoms with Gasteiger partial charge in [0.15, 0.2) is 0 Å². The van der Waals surface area contributed by atoms with Crippen LogP contribution in [-0.4, -0.2) is 9.78 Å². The van der Waals surface area contributed by atoms with Gasteiger partial charge in [-0.15, -0.1) is 0 Å². The summed E-state index contributed by atoms with van der Waals surface area (Å²) in [6.45, 7) is 7.50. The van der Waals surface area contributed by atoms with E-state index in [1.54, 1.807) is 0 Å². The van der Waals surface area contributed by atoms with Crippen LogP contribution in [0, 0.1) is 13.8 Å². The van der Waals surface area contributed by atoms with Crippen molar-refractivity contribution < 1.29 is 4.74 Å². The highest BCUT2D eigenvalue weighted by molar-refractivity contribution is 9.10. The zero-order valence-corrected chi connectivity index (χ0v) is 12.5. The number of halogens is 1. The minimum absolute atomic E-state index is 0.527. The Morgan fingerprint density at radius 2 is 2.11 bits per heavy atom. The molecule has 0 radical (unpaired) electrons. The van der Waals surface area contributed by atoms with Crippen molar-refractivity contribution in [2.75, 3.05) is 0 Å². The SMILES string of the molecule is CCn1nc(C)c(Br)c1COc1cccc(C)c1. The van der Waals surface area contributed by atoms with Gasteiger partial charge in [-0.1, -0.05) is 12.1 Å². The van der Waals surface area contributed by atoms with Crippen molar-refractivity contribution >= 4 is 15.9 Å². The van der Waals surface area contributed by atoms with E-state index >= 15 is 0 Å². The van der Waals surface area contributed by atoms with Crippen LogP contribution in [-0.2, 0) is 13.2 Å². The lowest BCUT2D eigenvalue weighted by Crippen LogP contribution is -2.06. The maximum atomic E-state index is 5.82. The number of aromatic nitrogens is 2. The third kappa shape index (κ3) is 2.75. The molecule has 2 rings (SSSR count). The summed E-state index contributed by atoms with van der Waals surface area (Å²) in [5, 5.41) is 4.45. The Bertz CT molecular complexity index is 549. The highest BCUT2D eigenvalue weighted by atomic mass is 79.9. The van der Waals surface area contributed by atoms with E-state index in [2.05, 4.69) is 40.9 Å². The van der Waals surface area contributed by atoms with Gasteiger partial charge in [0.1, 0.15) is 12.4 Å². The molecule has 0 atom stereocenters. The molecular formula is C14H17BrN2O. The highest BCUT2D eigenvalue weighted by Gasteiger charge is 2.12. The fourth-order valence-electron chi connectivity index (χ4n) is 1.86. The quantitative estimate of drug-likeness (QED) is 0.857. The van der Waals surface area contributed by atoms with E-state index in [9.17, 15) is 0 Å². The Kier molecular flexibility index (Phi) is 4.07. The summed E-state index contributed by atoms with van der Waals surface area (Å²) in [4.78, 5) is 0. The fraction of sp³-hybridized carbons (Fsp3) is 0.357. The normalized spacial score (nSPS) is 10.7. The van der Waals surface area contributed by atoms with E-state index in [4.69, 9.17) is 4.74 Å². The second-order valence-corrected chi connectivity index (χ2v) is 5.06. The predicted octanol–water partition coefficient (Wildman–Crippen LogP) is 3.86. The molecule has 0 N–H and O–H groups in total. The van der Waals surface area contributed by atoms with Crippen LogP contribution < -0.4 is 4.74 Å². The van der Waals surface area contributed by atoms with Crippen LogP contribution in [0.1, 0.15) is 23.9 Å². The number of nitrogens with zero attached hydrogens (tertiary/aromatic N) is 2. The fourth-order valence-corrected chi connectivity index (χ4v) is 2.26. The van der Waals surface area contributed by atoms with Gasteiger partial charge in [0.25, 0.3) is 0 Å². The monoisotopic (exact) mass is 308 g/mol. The minimum Gasteiger partial charge on any atom is -0.487 e. The zero-order chi connectivity index (χ0) is 13.1. The Hall–Kier alpha value is -1.29. The van der Waals surface area contributed by atoms with Crippen LogP contribution in [0.15, 0.2) is 28.7 Å². The first-order valence-electron chi connectivity index (χ1n) is 6.03. The highest BCUT2D eigenvalue weighted by Crippen LogP contribution is 2.23. The first-order chi connectivity index (χ1) is 8.61. The molecule has 0 saturated carbocycles. The van der Waals surface area contributed by atoms with Crippen LogP contribution in [0.4, 0.5) is 0 Å². The summed E-state index contributed by atoms with van der Waals surface area (Å²) < 4.78 is 8.83. The molecule has 0 saturated heterocycles. The molecule has 0 aliphatic carbocycles. The second kappa shape index (κ2) is 5.57. The summed E-state index contributed by atoms with van der Waals surface area (Å²) >= 11 is 3.57. The molecule has 0 spiro atoms. The molecule has 3 nitrogen and oxygen atoms in total. The van der Waals surface area contributed by atoms with E-state index in [0.29, 0.717) is 6.61 Å². The van der Waals surface area contributed by atoms with Crippen molar-refractivity contribution in [2.24, 2.45) is 0 Å². The lowest BCUT2D eigenvalue weighted by Gasteiger charge is -2.09. The van der Waals surface area contributed by atoms with Crippen LogP contribution in [0.2, 0.25) is 0 Å². The molecule has 0 aliphatic heterocycles. The average molecular weight is 309 g/mol. The molecule has 1 aromatic heterocycles. The van der Waals surface area contributed by atoms with Gasteiger partial charge < -0.3 is 4.74 Å². The standard InChI is InChI=1S/C14H17BrN2O/c1-4-17-13(14(15)11(3)16-17)9-18-12-7-5-6-10(2)8-12/h5-8H,4,9H2,1-3H3. The molecule has 0 unspecified atom stereocenters. The molecule has 18 heavy (non-hydrogen) atoms. The van der Waals surface area contributed by atoms with Crippen LogP contribution in [0.25, 0.3) is 0 Å². The summed E-state index contributed by atoms with van der Waals surface area (Å²) in [5.41, 5.74) is 3.28. The Balaban J connectivity index is 2.15. The van der Waals surface area contributed by atoms with Crippen molar-refractivity contribution in [2.45, 2.75) is 33.9 Å². The predicted molar refractivity (Wildman–Crippen MR) is 75.8 cm³/mol. The number of rotatable bonds is 4. The smallest absolute Gasteiger partial charge is 0.131 e. The lowest BCUT2D eigenvalue weighted by atomic mass is 10.2. The number of ether oxygens (including phenoxy) is 1. The first-order valence-corrected chi connectivity index (χ1v) is 6.82. The van der Waals surface area contributed by atoms with Gasteiger partial charge in [-0.25, -0.2) is 0 Å². The van der Waals surface area contributed by atoms with Crippen molar-refractivity contribution in [1.82, 2.24) is 9.78 Å². The van der Waals surface area contributed by atoms with Crippen molar-refractivity contribution in [1.29, 1.82) is 0 Å². The molecule has 2 aromatic rings. The number of benzene rings is 1. The van der Waals surface area contributed by atoms with Crippen LogP contribution >= 0.6 is 15.9 Å². The molecule has 0 aliphatic rings. The number of aryl methyl sites for hydroxylation is 3. The molecule has 0 bridgehead atoms. The molecule has 0 fully saturated rings. The van der Waals surface area contributed by atoms with Gasteiger partial charge in [-0.2, -0.15) is 5.10 Å². The average Bonchev–Trinajstić information content (AvgIpc) is 2.63. The number of hydrogen-bond acceptors (Lipinski definition) is 2. The first kappa shape index (κ1) is 13.1. The molecule has 0 amide bonds. The van der Waals surface area contributed by atoms with E-state index in [1.165, 1.54) is 5.56 Å². The van der Waals surface area contributed by atoms with Gasteiger partial charge >= 0.3 is 0 Å². The van der Waals surface area contributed by atoms with Gasteiger partial charge in [0.2, 0.25) is 0 Å². The zero-order valence-electron chi connectivity index (χ0n) is 10.9. The topological polar surface area (TPSA) is 27.1 Å². The van der Waals surface area contributed by atoms with Crippen LogP contribution in [0.3, 0.4) is 0 Å².